The summed E-state index contributed by atoms with van der Waals surface area (Å²) in [5.74, 6) is 1.81. The molecule has 0 bridgehead atoms. The molecule has 0 spiro atoms. The fraction of sp³-hybridized carbons (Fsp3) is 0.400. The smallest absolute Gasteiger partial charge is 0.191 e. The predicted octanol–water partition coefficient (Wildman–Crippen LogP) is 3.14. The van der Waals surface area contributed by atoms with Crippen molar-refractivity contribution in [3.63, 3.8) is 0 Å². The average Bonchev–Trinajstić information content (AvgIpc) is 3.42. The van der Waals surface area contributed by atoms with Gasteiger partial charge in [0.15, 0.2) is 5.96 Å². The Kier molecular flexibility index (Phi) is 6.04. The van der Waals surface area contributed by atoms with E-state index in [0.717, 1.165) is 23.9 Å². The number of thioether (sulfide) groups is 1. The second-order valence-corrected chi connectivity index (χ2v) is 8.30. The molecule has 2 N–H and O–H groups in total. The maximum Gasteiger partial charge on any atom is 0.191 e. The number of nitrogens with one attached hydrogen (secondary N) is 2. The molecule has 138 valence electrons. The van der Waals surface area contributed by atoms with Crippen LogP contribution in [-0.2, 0) is 6.54 Å². The third-order valence-electron chi connectivity index (χ3n) is 4.42. The van der Waals surface area contributed by atoms with Crippen molar-refractivity contribution in [3.8, 4) is 0 Å². The van der Waals surface area contributed by atoms with Crippen molar-refractivity contribution in [2.24, 2.45) is 4.99 Å². The van der Waals surface area contributed by atoms with Crippen molar-refractivity contribution >= 4 is 23.5 Å². The summed E-state index contributed by atoms with van der Waals surface area (Å²) in [5.41, 5.74) is 1.15. The monoisotopic (exact) mass is 369 g/mol. The maximum absolute atomic E-state index is 4.45. The Morgan fingerprint density at radius 3 is 2.58 bits per heavy atom. The summed E-state index contributed by atoms with van der Waals surface area (Å²) >= 11 is 1.97. The van der Waals surface area contributed by atoms with Crippen molar-refractivity contribution in [2.75, 3.05) is 32.6 Å². The lowest BCUT2D eigenvalue weighted by atomic mass is 10.2. The zero-order chi connectivity index (χ0) is 18.4. The fourth-order valence-corrected chi connectivity index (χ4v) is 4.05. The summed E-state index contributed by atoms with van der Waals surface area (Å²) in [6.45, 7) is 1.61. The molecule has 0 radical (unpaired) electrons. The predicted molar refractivity (Wildman–Crippen MR) is 111 cm³/mol. The molecule has 1 saturated carbocycles. The number of hydrogen-bond donors (Lipinski definition) is 2. The molecule has 1 heterocycles. The van der Waals surface area contributed by atoms with Gasteiger partial charge in [0.25, 0.3) is 0 Å². The van der Waals surface area contributed by atoms with Crippen LogP contribution in [0.4, 0.5) is 5.82 Å². The van der Waals surface area contributed by atoms with E-state index in [1.807, 2.05) is 50.1 Å². The molecule has 1 fully saturated rings. The molecule has 0 saturated heterocycles. The fourth-order valence-electron chi connectivity index (χ4n) is 2.81. The van der Waals surface area contributed by atoms with Crippen LogP contribution in [0.1, 0.15) is 18.4 Å². The van der Waals surface area contributed by atoms with Gasteiger partial charge in [-0.05, 0) is 31.0 Å². The van der Waals surface area contributed by atoms with Crippen molar-refractivity contribution < 1.29 is 0 Å². The minimum Gasteiger partial charge on any atom is -0.362 e. The van der Waals surface area contributed by atoms with Crippen molar-refractivity contribution in [1.82, 2.24) is 15.6 Å². The number of rotatable bonds is 7. The topological polar surface area (TPSA) is 52.6 Å². The van der Waals surface area contributed by atoms with Crippen LogP contribution < -0.4 is 15.5 Å². The molecule has 1 aliphatic carbocycles. The van der Waals surface area contributed by atoms with Gasteiger partial charge in [0.05, 0.1) is 0 Å². The highest BCUT2D eigenvalue weighted by Crippen LogP contribution is 2.51. The van der Waals surface area contributed by atoms with Crippen LogP contribution in [0, 0.1) is 0 Å². The zero-order valence-corrected chi connectivity index (χ0v) is 16.5. The Hall–Kier alpha value is -2.21. The zero-order valence-electron chi connectivity index (χ0n) is 15.7. The van der Waals surface area contributed by atoms with E-state index in [-0.39, 0.29) is 0 Å². The molecular formula is C20H27N5S. The van der Waals surface area contributed by atoms with Crippen molar-refractivity contribution in [1.29, 1.82) is 0 Å². The summed E-state index contributed by atoms with van der Waals surface area (Å²) in [4.78, 5) is 12.2. The first kappa shape index (κ1) is 18.6. The van der Waals surface area contributed by atoms with Gasteiger partial charge in [-0.3, -0.25) is 4.99 Å². The van der Waals surface area contributed by atoms with Crippen LogP contribution in [0.2, 0.25) is 0 Å². The number of guanidine groups is 1. The quantitative estimate of drug-likeness (QED) is 0.580. The molecule has 3 rings (SSSR count). The Balaban J connectivity index is 1.53. The number of benzene rings is 1. The van der Waals surface area contributed by atoms with E-state index in [0.29, 0.717) is 11.3 Å². The van der Waals surface area contributed by atoms with E-state index >= 15 is 0 Å². The van der Waals surface area contributed by atoms with Gasteiger partial charge in [0.2, 0.25) is 0 Å². The number of aromatic nitrogens is 1. The molecule has 5 nitrogen and oxygen atoms in total. The first-order valence-electron chi connectivity index (χ1n) is 8.92. The molecule has 2 aromatic rings. The second-order valence-electron chi connectivity index (χ2n) is 6.76. The van der Waals surface area contributed by atoms with Gasteiger partial charge < -0.3 is 15.5 Å². The Bertz CT molecular complexity index is 741. The van der Waals surface area contributed by atoms with E-state index in [4.69, 9.17) is 0 Å². The summed E-state index contributed by atoms with van der Waals surface area (Å²) in [6.07, 6.45) is 4.30. The number of pyridine rings is 1. The lowest BCUT2D eigenvalue weighted by Crippen LogP contribution is -2.41. The summed E-state index contributed by atoms with van der Waals surface area (Å²) in [5, 5.41) is 6.90. The minimum atomic E-state index is 0.294. The van der Waals surface area contributed by atoms with E-state index in [1.54, 1.807) is 0 Å². The van der Waals surface area contributed by atoms with Gasteiger partial charge >= 0.3 is 0 Å². The van der Waals surface area contributed by atoms with Crippen LogP contribution >= 0.6 is 11.8 Å². The van der Waals surface area contributed by atoms with Crippen LogP contribution in [-0.4, -0.2) is 43.4 Å². The molecular weight excluding hydrogens is 342 g/mol. The van der Waals surface area contributed by atoms with Gasteiger partial charge in [-0.15, -0.1) is 11.8 Å². The maximum atomic E-state index is 4.45. The Morgan fingerprint density at radius 2 is 1.92 bits per heavy atom. The van der Waals surface area contributed by atoms with Crippen LogP contribution in [0.5, 0.6) is 0 Å². The third-order valence-corrected chi connectivity index (χ3v) is 5.92. The summed E-state index contributed by atoms with van der Waals surface area (Å²) in [7, 11) is 5.84. The summed E-state index contributed by atoms with van der Waals surface area (Å²) < 4.78 is 0.294. The highest BCUT2D eigenvalue weighted by Gasteiger charge is 2.43. The van der Waals surface area contributed by atoms with Gasteiger partial charge in [-0.1, -0.05) is 24.3 Å². The number of hydrogen-bond acceptors (Lipinski definition) is 4. The normalized spacial score (nSPS) is 15.4. The molecule has 1 aromatic carbocycles. The number of nitrogens with zero attached hydrogens (tertiary/aromatic N) is 3. The first-order chi connectivity index (χ1) is 12.6. The first-order valence-corrected chi connectivity index (χ1v) is 9.73. The van der Waals surface area contributed by atoms with Crippen molar-refractivity contribution in [2.45, 2.75) is 29.0 Å². The molecule has 0 amide bonds. The summed E-state index contributed by atoms with van der Waals surface area (Å²) in [6, 6.07) is 14.7. The average molecular weight is 370 g/mol. The van der Waals surface area contributed by atoms with E-state index < -0.39 is 0 Å². The second kappa shape index (κ2) is 8.45. The minimum absolute atomic E-state index is 0.294. The van der Waals surface area contributed by atoms with Crippen LogP contribution in [0.25, 0.3) is 0 Å². The third kappa shape index (κ3) is 4.91. The molecule has 0 aliphatic heterocycles. The molecule has 6 heteroatoms. The molecule has 0 atom stereocenters. The standard InChI is InChI=1S/C20H27N5S/c1-21-19(23-14-16-8-7-13-22-18(16)25(2)3)24-15-20(11-12-20)26-17-9-5-4-6-10-17/h4-10,13H,11-12,14-15H2,1-3H3,(H2,21,23,24). The van der Waals surface area contributed by atoms with Gasteiger partial charge in [-0.2, -0.15) is 0 Å². The largest absolute Gasteiger partial charge is 0.362 e. The van der Waals surface area contributed by atoms with E-state index in [9.17, 15) is 0 Å². The molecule has 26 heavy (non-hydrogen) atoms. The Morgan fingerprint density at radius 1 is 1.15 bits per heavy atom. The SMILES string of the molecule is CN=C(NCc1cccnc1N(C)C)NCC1(Sc2ccccc2)CC1. The number of aliphatic imine (C=N–C) groups is 1. The molecule has 1 aromatic heterocycles. The lowest BCUT2D eigenvalue weighted by molar-refractivity contribution is 0.764. The lowest BCUT2D eigenvalue weighted by Gasteiger charge is -2.20. The van der Waals surface area contributed by atoms with E-state index in [1.165, 1.54) is 17.7 Å². The van der Waals surface area contributed by atoms with Crippen LogP contribution in [0.15, 0.2) is 58.5 Å². The van der Waals surface area contributed by atoms with Crippen molar-refractivity contribution in [3.05, 3.63) is 54.2 Å². The van der Waals surface area contributed by atoms with Gasteiger partial charge in [0, 0.05) is 55.6 Å². The van der Waals surface area contributed by atoms with Crippen LogP contribution in [0.3, 0.4) is 0 Å². The van der Waals surface area contributed by atoms with E-state index in [2.05, 4.69) is 57.0 Å². The number of anilines is 1. The Labute approximate surface area is 160 Å². The molecule has 1 aliphatic rings. The molecule has 0 unspecified atom stereocenters. The highest BCUT2D eigenvalue weighted by atomic mass is 32.2. The van der Waals surface area contributed by atoms with Gasteiger partial charge in [-0.25, -0.2) is 4.98 Å². The van der Waals surface area contributed by atoms with Gasteiger partial charge in [0.1, 0.15) is 5.82 Å². The highest BCUT2D eigenvalue weighted by molar-refractivity contribution is 8.01.